The van der Waals surface area contributed by atoms with Gasteiger partial charge in [-0.2, -0.15) is 13.2 Å². The summed E-state index contributed by atoms with van der Waals surface area (Å²) >= 11 is 4.80. The fraction of sp³-hybridized carbons (Fsp3) is 0.462. The zero-order valence-corrected chi connectivity index (χ0v) is 11.9. The molecule has 3 nitrogen and oxygen atoms in total. The molecule has 0 saturated carbocycles. The van der Waals surface area contributed by atoms with E-state index >= 15 is 0 Å². The lowest BCUT2D eigenvalue weighted by Crippen LogP contribution is -2.16. The van der Waals surface area contributed by atoms with Gasteiger partial charge in [-0.15, -0.1) is 0 Å². The molecule has 0 aliphatic heterocycles. The van der Waals surface area contributed by atoms with Crippen LogP contribution in [0.3, 0.4) is 0 Å². The second kappa shape index (κ2) is 7.44. The van der Waals surface area contributed by atoms with Crippen molar-refractivity contribution in [2.75, 3.05) is 25.6 Å². The summed E-state index contributed by atoms with van der Waals surface area (Å²) in [6.07, 6.45) is -2.70. The topological polar surface area (TPSA) is 47.3 Å². The highest BCUT2D eigenvalue weighted by atomic mass is 32.1. The maximum atomic E-state index is 12.6. The number of rotatable bonds is 7. The van der Waals surface area contributed by atoms with Gasteiger partial charge in [0.05, 0.1) is 5.56 Å². The third-order valence-electron chi connectivity index (χ3n) is 2.70. The molecule has 0 saturated heterocycles. The van der Waals surface area contributed by atoms with Crippen molar-refractivity contribution in [2.24, 2.45) is 5.73 Å². The van der Waals surface area contributed by atoms with Crippen LogP contribution in [-0.2, 0) is 10.9 Å². The summed E-state index contributed by atoms with van der Waals surface area (Å²) in [5.74, 6) is 0. The van der Waals surface area contributed by atoms with Crippen LogP contribution in [0.2, 0.25) is 0 Å². The first-order valence-corrected chi connectivity index (χ1v) is 6.51. The van der Waals surface area contributed by atoms with Gasteiger partial charge >= 0.3 is 6.18 Å². The molecule has 0 atom stereocenters. The number of ether oxygens (including phenoxy) is 1. The van der Waals surface area contributed by atoms with Gasteiger partial charge in [0.25, 0.3) is 0 Å². The predicted octanol–water partition coefficient (Wildman–Crippen LogP) is 3.18. The van der Waals surface area contributed by atoms with Crippen LogP contribution >= 0.6 is 12.2 Å². The van der Waals surface area contributed by atoms with Crippen molar-refractivity contribution in [1.82, 2.24) is 0 Å². The average Bonchev–Trinajstić information content (AvgIpc) is 2.37. The van der Waals surface area contributed by atoms with Crippen molar-refractivity contribution in [3.8, 4) is 0 Å². The second-order valence-corrected chi connectivity index (χ2v) is 4.69. The molecule has 0 aliphatic carbocycles. The molecule has 20 heavy (non-hydrogen) atoms. The van der Waals surface area contributed by atoms with E-state index in [1.807, 2.05) is 0 Å². The Morgan fingerprint density at radius 1 is 1.35 bits per heavy atom. The number of unbranched alkanes of at least 4 members (excludes halogenated alkanes) is 1. The van der Waals surface area contributed by atoms with Crippen LogP contribution in [0.1, 0.15) is 24.0 Å². The number of nitrogens with two attached hydrogens (primary N) is 1. The molecular weight excluding hydrogens is 289 g/mol. The van der Waals surface area contributed by atoms with E-state index in [1.165, 1.54) is 6.07 Å². The fourth-order valence-electron chi connectivity index (χ4n) is 1.67. The summed E-state index contributed by atoms with van der Waals surface area (Å²) in [5.41, 5.74) is 5.45. The van der Waals surface area contributed by atoms with E-state index in [-0.39, 0.29) is 10.6 Å². The molecule has 0 aliphatic rings. The van der Waals surface area contributed by atoms with Crippen molar-refractivity contribution in [3.05, 3.63) is 29.3 Å². The smallest absolute Gasteiger partial charge is 0.389 e. The molecule has 0 heterocycles. The molecule has 0 spiro atoms. The number of thiocarbonyl (C=S) groups is 1. The zero-order chi connectivity index (χ0) is 15.2. The molecule has 1 rings (SSSR count). The maximum absolute atomic E-state index is 12.6. The molecule has 0 radical (unpaired) electrons. The Balaban J connectivity index is 2.78. The molecule has 0 aromatic heterocycles. The molecule has 112 valence electrons. The van der Waals surface area contributed by atoms with Crippen molar-refractivity contribution in [3.63, 3.8) is 0 Å². The Morgan fingerprint density at radius 3 is 2.60 bits per heavy atom. The lowest BCUT2D eigenvalue weighted by molar-refractivity contribution is -0.137. The van der Waals surface area contributed by atoms with E-state index in [0.717, 1.165) is 25.0 Å². The third kappa shape index (κ3) is 4.97. The normalized spacial score (nSPS) is 11.4. The highest BCUT2D eigenvalue weighted by molar-refractivity contribution is 7.80. The van der Waals surface area contributed by atoms with Gasteiger partial charge in [-0.25, -0.2) is 0 Å². The number of methoxy groups -OCH3 is 1. The van der Waals surface area contributed by atoms with Gasteiger partial charge in [0.2, 0.25) is 0 Å². The minimum absolute atomic E-state index is 0.0597. The molecule has 7 heteroatoms. The van der Waals surface area contributed by atoms with Gasteiger partial charge in [0.15, 0.2) is 0 Å². The first-order valence-electron chi connectivity index (χ1n) is 6.10. The van der Waals surface area contributed by atoms with E-state index in [9.17, 15) is 13.2 Å². The average molecular weight is 306 g/mol. The van der Waals surface area contributed by atoms with E-state index in [2.05, 4.69) is 5.32 Å². The highest BCUT2D eigenvalue weighted by Crippen LogP contribution is 2.31. The number of halogens is 3. The van der Waals surface area contributed by atoms with E-state index in [1.54, 1.807) is 7.11 Å². The molecule has 0 bridgehead atoms. The van der Waals surface area contributed by atoms with Gasteiger partial charge in [-0.1, -0.05) is 12.2 Å². The van der Waals surface area contributed by atoms with E-state index in [4.69, 9.17) is 22.7 Å². The largest absolute Gasteiger partial charge is 0.416 e. The number of anilines is 1. The molecule has 3 N–H and O–H groups in total. The predicted molar refractivity (Wildman–Crippen MR) is 76.9 cm³/mol. The summed E-state index contributed by atoms with van der Waals surface area (Å²) in [6, 6.07) is 3.34. The number of hydrogen-bond donors (Lipinski definition) is 2. The number of hydrogen-bond acceptors (Lipinski definition) is 3. The zero-order valence-electron chi connectivity index (χ0n) is 11.1. The Morgan fingerprint density at radius 2 is 2.05 bits per heavy atom. The number of benzene rings is 1. The van der Waals surface area contributed by atoms with Crippen molar-refractivity contribution in [1.29, 1.82) is 0 Å². The summed E-state index contributed by atoms with van der Waals surface area (Å²) in [6.45, 7) is 1.27. The Bertz CT molecular complexity index is 463. The van der Waals surface area contributed by atoms with Crippen LogP contribution in [0.5, 0.6) is 0 Å². The number of nitrogens with one attached hydrogen (secondary N) is 1. The summed E-state index contributed by atoms with van der Waals surface area (Å²) < 4.78 is 42.8. The Hall–Kier alpha value is -1.34. The van der Waals surface area contributed by atoms with Crippen LogP contribution in [-0.4, -0.2) is 25.2 Å². The maximum Gasteiger partial charge on any atom is 0.416 e. The summed E-state index contributed by atoms with van der Waals surface area (Å²) in [5, 5.41) is 3.04. The fourth-order valence-corrected chi connectivity index (χ4v) is 1.84. The van der Waals surface area contributed by atoms with E-state index in [0.29, 0.717) is 18.8 Å². The van der Waals surface area contributed by atoms with Gasteiger partial charge in [0, 0.05) is 31.5 Å². The lowest BCUT2D eigenvalue weighted by atomic mass is 10.1. The van der Waals surface area contributed by atoms with Crippen LogP contribution in [0.15, 0.2) is 18.2 Å². The highest BCUT2D eigenvalue weighted by Gasteiger charge is 2.31. The molecule has 1 aromatic rings. The van der Waals surface area contributed by atoms with Crippen molar-refractivity contribution < 1.29 is 17.9 Å². The summed E-state index contributed by atoms with van der Waals surface area (Å²) in [4.78, 5) is -0.0597. The minimum Gasteiger partial charge on any atom is -0.389 e. The lowest BCUT2D eigenvalue weighted by Gasteiger charge is -2.14. The van der Waals surface area contributed by atoms with Crippen molar-refractivity contribution in [2.45, 2.75) is 19.0 Å². The van der Waals surface area contributed by atoms with Crippen LogP contribution in [0.4, 0.5) is 18.9 Å². The van der Waals surface area contributed by atoms with Gasteiger partial charge < -0.3 is 15.8 Å². The molecule has 0 amide bonds. The van der Waals surface area contributed by atoms with Crippen LogP contribution < -0.4 is 11.1 Å². The van der Waals surface area contributed by atoms with Gasteiger partial charge in [-0.05, 0) is 31.0 Å². The van der Waals surface area contributed by atoms with Crippen LogP contribution in [0.25, 0.3) is 0 Å². The molecular formula is C13H17F3N2OS. The first-order chi connectivity index (χ1) is 9.36. The third-order valence-corrected chi connectivity index (χ3v) is 2.92. The standard InChI is InChI=1S/C13H17F3N2OS/c1-19-7-3-2-6-18-11-5-4-9(13(14,15)16)8-10(11)12(17)20/h4-5,8,18H,2-3,6-7H2,1H3,(H2,17,20). The monoisotopic (exact) mass is 306 g/mol. The second-order valence-electron chi connectivity index (χ2n) is 4.25. The van der Waals surface area contributed by atoms with Gasteiger partial charge in [0.1, 0.15) is 4.99 Å². The minimum atomic E-state index is -4.41. The van der Waals surface area contributed by atoms with Crippen molar-refractivity contribution >= 4 is 22.9 Å². The quantitative estimate of drug-likeness (QED) is 0.600. The Labute approximate surface area is 121 Å². The first kappa shape index (κ1) is 16.7. The van der Waals surface area contributed by atoms with Crippen LogP contribution in [0, 0.1) is 0 Å². The summed E-state index contributed by atoms with van der Waals surface area (Å²) in [7, 11) is 1.62. The molecule has 1 aromatic carbocycles. The van der Waals surface area contributed by atoms with Gasteiger partial charge in [-0.3, -0.25) is 0 Å². The van der Waals surface area contributed by atoms with E-state index < -0.39 is 11.7 Å². The SMILES string of the molecule is COCCCCNc1ccc(C(F)(F)F)cc1C(N)=S. The number of alkyl halides is 3. The Kier molecular flexibility index (Phi) is 6.22. The molecule has 0 unspecified atom stereocenters. The molecule has 0 fully saturated rings.